The Balaban J connectivity index is 2.05. The molecular formula is C11H20N4O2S. The highest BCUT2D eigenvalue weighted by Crippen LogP contribution is 2.24. The fourth-order valence-corrected chi connectivity index (χ4v) is 3.81. The summed E-state index contributed by atoms with van der Waals surface area (Å²) in [7, 11) is -1.65. The van der Waals surface area contributed by atoms with Gasteiger partial charge in [0.1, 0.15) is 4.90 Å². The van der Waals surface area contributed by atoms with E-state index < -0.39 is 10.0 Å². The van der Waals surface area contributed by atoms with Crippen molar-refractivity contribution in [3.05, 3.63) is 12.4 Å². The van der Waals surface area contributed by atoms with Crippen molar-refractivity contribution in [1.29, 1.82) is 0 Å². The predicted molar refractivity (Wildman–Crippen MR) is 68.4 cm³/mol. The number of rotatable bonds is 4. The lowest BCUT2D eigenvalue weighted by Gasteiger charge is -2.30. The average Bonchev–Trinajstić information content (AvgIpc) is 2.78. The molecule has 1 fully saturated rings. The Morgan fingerprint density at radius 2 is 2.11 bits per heavy atom. The second kappa shape index (κ2) is 5.38. The van der Waals surface area contributed by atoms with E-state index in [1.165, 1.54) is 10.9 Å². The minimum atomic E-state index is -3.36. The average molecular weight is 272 g/mol. The highest BCUT2D eigenvalue weighted by Gasteiger charge is 2.29. The van der Waals surface area contributed by atoms with Crippen molar-refractivity contribution in [1.82, 2.24) is 14.1 Å². The zero-order chi connectivity index (χ0) is 13.2. The Morgan fingerprint density at radius 3 is 2.61 bits per heavy atom. The van der Waals surface area contributed by atoms with Crippen molar-refractivity contribution in [2.45, 2.75) is 24.2 Å². The van der Waals surface area contributed by atoms with Crippen LogP contribution in [0.25, 0.3) is 0 Å². The zero-order valence-corrected chi connectivity index (χ0v) is 11.4. The van der Waals surface area contributed by atoms with Gasteiger partial charge in [-0.05, 0) is 31.7 Å². The van der Waals surface area contributed by atoms with Gasteiger partial charge in [-0.3, -0.25) is 4.68 Å². The number of hydrogen-bond acceptors (Lipinski definition) is 4. The van der Waals surface area contributed by atoms with E-state index in [2.05, 4.69) is 5.10 Å². The number of hydrogen-bond donors (Lipinski definition) is 1. The molecule has 2 heterocycles. The van der Waals surface area contributed by atoms with Gasteiger partial charge in [0.05, 0.1) is 6.20 Å². The van der Waals surface area contributed by atoms with E-state index >= 15 is 0 Å². The Labute approximate surface area is 108 Å². The van der Waals surface area contributed by atoms with Gasteiger partial charge in [-0.15, -0.1) is 0 Å². The largest absolute Gasteiger partial charge is 0.330 e. The lowest BCUT2D eigenvalue weighted by molar-refractivity contribution is 0.266. The van der Waals surface area contributed by atoms with Gasteiger partial charge in [0.25, 0.3) is 0 Å². The summed E-state index contributed by atoms with van der Waals surface area (Å²) in [6, 6.07) is 0. The van der Waals surface area contributed by atoms with Crippen molar-refractivity contribution in [3.63, 3.8) is 0 Å². The molecule has 102 valence electrons. The smallest absolute Gasteiger partial charge is 0.246 e. The van der Waals surface area contributed by atoms with E-state index in [0.717, 1.165) is 19.3 Å². The van der Waals surface area contributed by atoms with Crippen LogP contribution in [0.4, 0.5) is 0 Å². The van der Waals surface area contributed by atoms with Crippen molar-refractivity contribution in [2.75, 3.05) is 19.6 Å². The number of sulfonamides is 1. The van der Waals surface area contributed by atoms with Crippen LogP contribution in [0.1, 0.15) is 19.3 Å². The third-order valence-corrected chi connectivity index (χ3v) is 5.32. The number of aryl methyl sites for hydroxylation is 1. The summed E-state index contributed by atoms with van der Waals surface area (Å²) < 4.78 is 27.7. The third kappa shape index (κ3) is 2.73. The van der Waals surface area contributed by atoms with Crippen molar-refractivity contribution < 1.29 is 8.42 Å². The summed E-state index contributed by atoms with van der Waals surface area (Å²) in [4.78, 5) is 0.280. The second-order valence-electron chi connectivity index (χ2n) is 4.77. The molecule has 0 amide bonds. The van der Waals surface area contributed by atoms with Crippen molar-refractivity contribution in [2.24, 2.45) is 18.7 Å². The van der Waals surface area contributed by atoms with Crippen LogP contribution in [-0.4, -0.2) is 42.1 Å². The van der Waals surface area contributed by atoms with Gasteiger partial charge < -0.3 is 5.73 Å². The summed E-state index contributed by atoms with van der Waals surface area (Å²) in [5.74, 6) is 0.565. The van der Waals surface area contributed by atoms with Crippen LogP contribution in [0.15, 0.2) is 17.3 Å². The molecule has 0 bridgehead atoms. The summed E-state index contributed by atoms with van der Waals surface area (Å²) in [5.41, 5.74) is 5.53. The molecule has 1 aromatic rings. The molecule has 0 atom stereocenters. The Morgan fingerprint density at radius 1 is 1.44 bits per heavy atom. The van der Waals surface area contributed by atoms with Gasteiger partial charge in [0.2, 0.25) is 10.0 Å². The fraction of sp³-hybridized carbons (Fsp3) is 0.727. The van der Waals surface area contributed by atoms with Gasteiger partial charge in [0, 0.05) is 26.3 Å². The first-order chi connectivity index (χ1) is 8.54. The maximum Gasteiger partial charge on any atom is 0.246 e. The van der Waals surface area contributed by atoms with Crippen LogP contribution in [-0.2, 0) is 17.1 Å². The van der Waals surface area contributed by atoms with E-state index in [1.807, 2.05) is 0 Å². The maximum absolute atomic E-state index is 12.3. The third-order valence-electron chi connectivity index (χ3n) is 3.47. The Hall–Kier alpha value is -0.920. The molecule has 1 aromatic heterocycles. The number of nitrogens with zero attached hydrogens (tertiary/aromatic N) is 3. The first-order valence-corrected chi connectivity index (χ1v) is 7.67. The van der Waals surface area contributed by atoms with Crippen molar-refractivity contribution >= 4 is 10.0 Å². The molecule has 6 nitrogen and oxygen atoms in total. The summed E-state index contributed by atoms with van der Waals surface area (Å²) in [5, 5.41) is 3.92. The molecular weight excluding hydrogens is 252 g/mol. The van der Waals surface area contributed by atoms with Gasteiger partial charge in [-0.2, -0.15) is 9.40 Å². The highest BCUT2D eigenvalue weighted by atomic mass is 32.2. The molecule has 0 aliphatic carbocycles. The molecule has 2 N–H and O–H groups in total. The normalized spacial score (nSPS) is 19.2. The quantitative estimate of drug-likeness (QED) is 0.847. The molecule has 18 heavy (non-hydrogen) atoms. The number of aromatic nitrogens is 2. The van der Waals surface area contributed by atoms with Crippen LogP contribution >= 0.6 is 0 Å². The lowest BCUT2D eigenvalue weighted by Crippen LogP contribution is -2.38. The first kappa shape index (κ1) is 13.5. The van der Waals surface area contributed by atoms with Crippen LogP contribution in [0.2, 0.25) is 0 Å². The molecule has 0 saturated carbocycles. The van der Waals surface area contributed by atoms with E-state index in [4.69, 9.17) is 5.73 Å². The van der Waals surface area contributed by atoms with Gasteiger partial charge in [0.15, 0.2) is 0 Å². The molecule has 7 heteroatoms. The molecule has 0 unspecified atom stereocenters. The predicted octanol–water partition coefficient (Wildman–Crippen LogP) is 0.170. The molecule has 1 aliphatic heterocycles. The summed E-state index contributed by atoms with van der Waals surface area (Å²) >= 11 is 0. The SMILES string of the molecule is Cn1cc(S(=O)(=O)N2CCC(CCN)CC2)cn1. The summed E-state index contributed by atoms with van der Waals surface area (Å²) in [6.07, 6.45) is 5.73. The molecule has 0 spiro atoms. The fourth-order valence-electron chi connectivity index (χ4n) is 2.36. The number of piperidine rings is 1. The molecule has 2 rings (SSSR count). The van der Waals surface area contributed by atoms with E-state index in [0.29, 0.717) is 25.6 Å². The van der Waals surface area contributed by atoms with Crippen LogP contribution in [0, 0.1) is 5.92 Å². The van der Waals surface area contributed by atoms with E-state index in [-0.39, 0.29) is 4.90 Å². The minimum absolute atomic E-state index is 0.280. The maximum atomic E-state index is 12.3. The highest BCUT2D eigenvalue weighted by molar-refractivity contribution is 7.89. The summed E-state index contributed by atoms with van der Waals surface area (Å²) in [6.45, 7) is 1.85. The standard InChI is InChI=1S/C11H20N4O2S/c1-14-9-11(8-13-14)18(16,17)15-6-3-10(2-5-12)4-7-15/h8-10H,2-7,12H2,1H3. The van der Waals surface area contributed by atoms with E-state index in [1.54, 1.807) is 17.5 Å². The van der Waals surface area contributed by atoms with Crippen LogP contribution in [0.5, 0.6) is 0 Å². The first-order valence-electron chi connectivity index (χ1n) is 6.23. The molecule has 0 radical (unpaired) electrons. The monoisotopic (exact) mass is 272 g/mol. The molecule has 1 saturated heterocycles. The minimum Gasteiger partial charge on any atom is -0.330 e. The lowest BCUT2D eigenvalue weighted by atomic mass is 9.95. The van der Waals surface area contributed by atoms with Gasteiger partial charge in [-0.25, -0.2) is 8.42 Å². The zero-order valence-electron chi connectivity index (χ0n) is 10.6. The molecule has 1 aliphatic rings. The van der Waals surface area contributed by atoms with Gasteiger partial charge >= 0.3 is 0 Å². The van der Waals surface area contributed by atoms with E-state index in [9.17, 15) is 8.42 Å². The van der Waals surface area contributed by atoms with Crippen molar-refractivity contribution in [3.8, 4) is 0 Å². The van der Waals surface area contributed by atoms with Crippen LogP contribution in [0.3, 0.4) is 0 Å². The number of nitrogens with two attached hydrogens (primary N) is 1. The van der Waals surface area contributed by atoms with Gasteiger partial charge in [-0.1, -0.05) is 0 Å². The second-order valence-corrected chi connectivity index (χ2v) is 6.71. The topological polar surface area (TPSA) is 81.2 Å². The molecule has 0 aromatic carbocycles. The Kier molecular flexibility index (Phi) is 4.04. The Bertz CT molecular complexity index is 489. The van der Waals surface area contributed by atoms with Crippen LogP contribution < -0.4 is 5.73 Å².